The molecule has 0 radical (unpaired) electrons. The number of sulfonamides is 1. The maximum atomic E-state index is 12.7. The highest BCUT2D eigenvalue weighted by Crippen LogP contribution is 2.23. The molecule has 1 atom stereocenters. The van der Waals surface area contributed by atoms with Gasteiger partial charge in [0.1, 0.15) is 6.04 Å². The number of amides is 1. The molecule has 2 aromatic rings. The minimum absolute atomic E-state index is 0.0556. The number of nitrogens with zero attached hydrogens (tertiary/aromatic N) is 1. The number of carboxylic acid groups (broad SMARTS) is 1. The maximum absolute atomic E-state index is 12.7. The Balaban J connectivity index is 1.85. The van der Waals surface area contributed by atoms with Crippen LogP contribution in [0.3, 0.4) is 0 Å². The molecule has 2 N–H and O–H groups in total. The van der Waals surface area contributed by atoms with E-state index in [9.17, 15) is 23.1 Å². The Labute approximate surface area is 157 Å². The third-order valence-corrected chi connectivity index (χ3v) is 5.87. The third kappa shape index (κ3) is 4.11. The van der Waals surface area contributed by atoms with Gasteiger partial charge in [-0.2, -0.15) is 0 Å². The van der Waals surface area contributed by atoms with Gasteiger partial charge in [0.05, 0.1) is 4.90 Å². The summed E-state index contributed by atoms with van der Waals surface area (Å²) in [6, 6.07) is 11.7. The number of anilines is 1. The number of rotatable bonds is 5. The maximum Gasteiger partial charge on any atom is 0.326 e. The molecule has 1 aliphatic rings. The number of aliphatic carboxylic acids is 1. The van der Waals surface area contributed by atoms with Crippen molar-refractivity contribution in [1.82, 2.24) is 4.90 Å². The highest BCUT2D eigenvalue weighted by Gasteiger charge is 2.34. The van der Waals surface area contributed by atoms with E-state index in [-0.39, 0.29) is 10.5 Å². The second kappa shape index (κ2) is 7.40. The molecule has 0 aliphatic carbocycles. The van der Waals surface area contributed by atoms with Crippen LogP contribution in [0.2, 0.25) is 0 Å². The smallest absolute Gasteiger partial charge is 0.326 e. The van der Waals surface area contributed by atoms with Crippen LogP contribution >= 0.6 is 0 Å². The van der Waals surface area contributed by atoms with E-state index in [1.165, 1.54) is 29.2 Å². The quantitative estimate of drug-likeness (QED) is 0.819. The van der Waals surface area contributed by atoms with Crippen LogP contribution in [0, 0.1) is 6.92 Å². The van der Waals surface area contributed by atoms with Crippen LogP contribution in [0.5, 0.6) is 0 Å². The minimum Gasteiger partial charge on any atom is -0.480 e. The fourth-order valence-corrected chi connectivity index (χ4v) is 4.17. The summed E-state index contributed by atoms with van der Waals surface area (Å²) in [7, 11) is -3.87. The van der Waals surface area contributed by atoms with Crippen molar-refractivity contribution in [2.24, 2.45) is 0 Å². The molecule has 1 saturated heterocycles. The van der Waals surface area contributed by atoms with Crippen molar-refractivity contribution >= 4 is 27.6 Å². The van der Waals surface area contributed by atoms with Crippen LogP contribution < -0.4 is 4.72 Å². The van der Waals surface area contributed by atoms with Gasteiger partial charge in [-0.15, -0.1) is 0 Å². The lowest BCUT2D eigenvalue weighted by atomic mass is 10.1. The lowest BCUT2D eigenvalue weighted by molar-refractivity contribution is -0.141. The Hall–Kier alpha value is -2.87. The van der Waals surface area contributed by atoms with Crippen molar-refractivity contribution in [1.29, 1.82) is 0 Å². The van der Waals surface area contributed by atoms with Crippen molar-refractivity contribution in [3.63, 3.8) is 0 Å². The zero-order valence-corrected chi connectivity index (χ0v) is 15.6. The van der Waals surface area contributed by atoms with Gasteiger partial charge in [-0.1, -0.05) is 23.8 Å². The highest BCUT2D eigenvalue weighted by molar-refractivity contribution is 7.92. The molecule has 0 spiro atoms. The molecule has 2 aromatic carbocycles. The Bertz CT molecular complexity index is 970. The van der Waals surface area contributed by atoms with Crippen LogP contribution in [-0.4, -0.2) is 42.9 Å². The third-order valence-electron chi connectivity index (χ3n) is 4.49. The monoisotopic (exact) mass is 388 g/mol. The Kier molecular flexibility index (Phi) is 5.18. The fourth-order valence-electron chi connectivity index (χ4n) is 3.06. The number of carbonyl (C=O) groups excluding carboxylic acids is 1. The van der Waals surface area contributed by atoms with Gasteiger partial charge < -0.3 is 10.0 Å². The summed E-state index contributed by atoms with van der Waals surface area (Å²) in [5.74, 6) is -1.53. The highest BCUT2D eigenvalue weighted by atomic mass is 32.2. The Morgan fingerprint density at radius 3 is 2.52 bits per heavy atom. The van der Waals surface area contributed by atoms with Gasteiger partial charge in [0, 0.05) is 17.8 Å². The first kappa shape index (κ1) is 18.9. The van der Waals surface area contributed by atoms with E-state index in [1.54, 1.807) is 24.3 Å². The largest absolute Gasteiger partial charge is 0.480 e. The predicted octanol–water partition coefficient (Wildman–Crippen LogP) is 2.49. The number of carboxylic acids is 1. The van der Waals surface area contributed by atoms with E-state index < -0.39 is 27.9 Å². The fraction of sp³-hybridized carbons (Fsp3) is 0.263. The molecule has 0 aromatic heterocycles. The number of hydrogen-bond donors (Lipinski definition) is 2. The first-order valence-corrected chi connectivity index (χ1v) is 9.99. The second-order valence-corrected chi connectivity index (χ2v) is 8.18. The van der Waals surface area contributed by atoms with Crippen molar-refractivity contribution in [3.8, 4) is 0 Å². The average Bonchev–Trinajstić information content (AvgIpc) is 3.13. The lowest BCUT2D eigenvalue weighted by Crippen LogP contribution is -2.40. The zero-order valence-electron chi connectivity index (χ0n) is 14.8. The van der Waals surface area contributed by atoms with Gasteiger partial charge in [-0.05, 0) is 50.1 Å². The normalized spacial score (nSPS) is 16.9. The number of carbonyl (C=O) groups is 2. The van der Waals surface area contributed by atoms with Crippen molar-refractivity contribution in [3.05, 3.63) is 59.7 Å². The summed E-state index contributed by atoms with van der Waals surface area (Å²) >= 11 is 0. The molecule has 27 heavy (non-hydrogen) atoms. The first-order chi connectivity index (χ1) is 12.8. The van der Waals surface area contributed by atoms with E-state index >= 15 is 0 Å². The summed E-state index contributed by atoms with van der Waals surface area (Å²) in [5, 5.41) is 9.25. The molecule has 3 rings (SSSR count). The van der Waals surface area contributed by atoms with Crippen LogP contribution in [0.25, 0.3) is 0 Å². The van der Waals surface area contributed by atoms with Crippen LogP contribution in [0.4, 0.5) is 5.69 Å². The van der Waals surface area contributed by atoms with E-state index in [1.807, 2.05) is 6.92 Å². The SMILES string of the molecule is Cc1ccc(NS(=O)(=O)c2cccc(C(=O)N3CCCC3C(=O)O)c2)cc1. The zero-order chi connectivity index (χ0) is 19.6. The minimum atomic E-state index is -3.87. The number of benzene rings is 2. The molecule has 1 heterocycles. The van der Waals surface area contributed by atoms with E-state index in [0.29, 0.717) is 25.1 Å². The Morgan fingerprint density at radius 2 is 1.85 bits per heavy atom. The molecule has 1 unspecified atom stereocenters. The Morgan fingerprint density at radius 1 is 1.15 bits per heavy atom. The van der Waals surface area contributed by atoms with Crippen LogP contribution in [0.1, 0.15) is 28.8 Å². The van der Waals surface area contributed by atoms with E-state index in [4.69, 9.17) is 0 Å². The molecule has 1 amide bonds. The molecular formula is C19H20N2O5S. The summed E-state index contributed by atoms with van der Waals surface area (Å²) < 4.78 is 27.7. The van der Waals surface area contributed by atoms with Gasteiger partial charge in [0.15, 0.2) is 0 Å². The van der Waals surface area contributed by atoms with E-state index in [2.05, 4.69) is 4.72 Å². The van der Waals surface area contributed by atoms with Crippen molar-refractivity contribution < 1.29 is 23.1 Å². The molecule has 8 heteroatoms. The molecule has 7 nitrogen and oxygen atoms in total. The number of hydrogen-bond acceptors (Lipinski definition) is 4. The average molecular weight is 388 g/mol. The van der Waals surface area contributed by atoms with Crippen LogP contribution in [-0.2, 0) is 14.8 Å². The standard InChI is InChI=1S/C19H20N2O5S/c1-13-7-9-15(10-8-13)20-27(25,26)16-5-2-4-14(12-16)18(22)21-11-3-6-17(21)19(23)24/h2,4-5,7-10,12,17,20H,3,6,11H2,1H3,(H,23,24). The van der Waals surface area contributed by atoms with Crippen molar-refractivity contribution in [2.75, 3.05) is 11.3 Å². The first-order valence-electron chi connectivity index (χ1n) is 8.51. The summed E-state index contributed by atoms with van der Waals surface area (Å²) in [6.07, 6.45) is 1.00. The van der Waals surface area contributed by atoms with E-state index in [0.717, 1.165) is 5.56 Å². The molecule has 0 bridgehead atoms. The lowest BCUT2D eigenvalue weighted by Gasteiger charge is -2.21. The molecule has 0 saturated carbocycles. The summed E-state index contributed by atoms with van der Waals surface area (Å²) in [5.41, 5.74) is 1.57. The molecule has 1 aliphatic heterocycles. The van der Waals surface area contributed by atoms with Gasteiger partial charge in [-0.3, -0.25) is 9.52 Å². The molecular weight excluding hydrogens is 368 g/mol. The van der Waals surface area contributed by atoms with Crippen LogP contribution in [0.15, 0.2) is 53.4 Å². The van der Waals surface area contributed by atoms with Gasteiger partial charge >= 0.3 is 5.97 Å². The van der Waals surface area contributed by atoms with Crippen molar-refractivity contribution in [2.45, 2.75) is 30.7 Å². The second-order valence-electron chi connectivity index (χ2n) is 6.49. The summed E-state index contributed by atoms with van der Waals surface area (Å²) in [4.78, 5) is 25.2. The van der Waals surface area contributed by atoms with Gasteiger partial charge in [0.2, 0.25) is 0 Å². The molecule has 1 fully saturated rings. The number of nitrogens with one attached hydrogen (secondary N) is 1. The molecule has 142 valence electrons. The van der Waals surface area contributed by atoms with Gasteiger partial charge in [-0.25, -0.2) is 13.2 Å². The topological polar surface area (TPSA) is 104 Å². The number of likely N-dealkylation sites (tertiary alicyclic amines) is 1. The van der Waals surface area contributed by atoms with Gasteiger partial charge in [0.25, 0.3) is 15.9 Å². The predicted molar refractivity (Wildman–Crippen MR) is 100 cm³/mol. The number of aryl methyl sites for hydroxylation is 1. The summed E-state index contributed by atoms with van der Waals surface area (Å²) in [6.45, 7) is 2.24.